The first kappa shape index (κ1) is 19.9. The lowest BCUT2D eigenvalue weighted by atomic mass is 10.1. The summed E-state index contributed by atoms with van der Waals surface area (Å²) in [6, 6.07) is 10.2. The minimum Gasteiger partial charge on any atom is -0.493 e. The zero-order chi connectivity index (χ0) is 20.8. The third kappa shape index (κ3) is 4.70. The number of imidazole rings is 1. The highest BCUT2D eigenvalue weighted by atomic mass is 16.6. The van der Waals surface area contributed by atoms with Crippen LogP contribution in [0.3, 0.4) is 0 Å². The van der Waals surface area contributed by atoms with Gasteiger partial charge >= 0.3 is 0 Å². The van der Waals surface area contributed by atoms with Gasteiger partial charge in [0.15, 0.2) is 11.5 Å². The van der Waals surface area contributed by atoms with Crippen LogP contribution >= 0.6 is 0 Å². The molecule has 0 spiro atoms. The van der Waals surface area contributed by atoms with Crippen molar-refractivity contribution < 1.29 is 19.2 Å². The highest BCUT2D eigenvalue weighted by molar-refractivity contribution is 5.99. The van der Waals surface area contributed by atoms with Crippen molar-refractivity contribution >= 4 is 11.6 Å². The first-order chi connectivity index (χ1) is 14.0. The number of hydrogen-bond donors (Lipinski definition) is 1. The molecule has 2 aromatic carbocycles. The minimum atomic E-state index is -0.623. The van der Waals surface area contributed by atoms with Gasteiger partial charge in [0.25, 0.3) is 11.6 Å². The zero-order valence-electron chi connectivity index (χ0n) is 16.0. The maximum atomic E-state index is 12.6. The number of amides is 1. The van der Waals surface area contributed by atoms with E-state index in [1.165, 1.54) is 26.4 Å². The third-order valence-corrected chi connectivity index (χ3v) is 4.34. The second-order valence-electron chi connectivity index (χ2n) is 6.22. The number of methoxy groups -OCH3 is 2. The van der Waals surface area contributed by atoms with Crippen LogP contribution in [0.4, 0.5) is 5.69 Å². The van der Waals surface area contributed by atoms with Crippen molar-refractivity contribution in [2.45, 2.75) is 13.1 Å². The molecule has 29 heavy (non-hydrogen) atoms. The van der Waals surface area contributed by atoms with E-state index in [0.717, 1.165) is 11.1 Å². The number of nitro benzene ring substituents is 1. The Labute approximate surface area is 167 Å². The van der Waals surface area contributed by atoms with Gasteiger partial charge in [-0.25, -0.2) is 4.98 Å². The number of nitrogens with one attached hydrogen (secondary N) is 1. The average molecular weight is 396 g/mol. The van der Waals surface area contributed by atoms with Crippen LogP contribution in [0.15, 0.2) is 55.1 Å². The van der Waals surface area contributed by atoms with Gasteiger partial charge in [0.2, 0.25) is 0 Å². The molecule has 0 aliphatic heterocycles. The minimum absolute atomic E-state index is 0.0932. The van der Waals surface area contributed by atoms with Gasteiger partial charge in [-0.15, -0.1) is 0 Å². The lowest BCUT2D eigenvalue weighted by Crippen LogP contribution is -2.23. The number of nitrogens with zero attached hydrogens (tertiary/aromatic N) is 3. The predicted octanol–water partition coefficient (Wildman–Crippen LogP) is 2.79. The van der Waals surface area contributed by atoms with Crippen LogP contribution in [0, 0.1) is 10.1 Å². The Kier molecular flexibility index (Phi) is 6.08. The van der Waals surface area contributed by atoms with E-state index in [9.17, 15) is 14.9 Å². The van der Waals surface area contributed by atoms with Gasteiger partial charge in [0.1, 0.15) is 5.56 Å². The van der Waals surface area contributed by atoms with Crippen LogP contribution in [0.2, 0.25) is 0 Å². The molecule has 1 N–H and O–H groups in total. The smallest absolute Gasteiger partial charge is 0.286 e. The summed E-state index contributed by atoms with van der Waals surface area (Å²) in [6.45, 7) is 0.931. The van der Waals surface area contributed by atoms with E-state index in [4.69, 9.17) is 9.47 Å². The maximum absolute atomic E-state index is 12.6. The average Bonchev–Trinajstić information content (AvgIpc) is 3.24. The highest BCUT2D eigenvalue weighted by Gasteiger charge is 2.24. The second kappa shape index (κ2) is 8.87. The van der Waals surface area contributed by atoms with E-state index in [-0.39, 0.29) is 29.3 Å². The fourth-order valence-electron chi connectivity index (χ4n) is 2.83. The Hall–Kier alpha value is -3.88. The lowest BCUT2D eigenvalue weighted by Gasteiger charge is -2.11. The van der Waals surface area contributed by atoms with Gasteiger partial charge in [-0.2, -0.15) is 0 Å². The molecule has 1 heterocycles. The van der Waals surface area contributed by atoms with Crippen molar-refractivity contribution in [1.82, 2.24) is 14.9 Å². The van der Waals surface area contributed by atoms with Crippen LogP contribution in [0.1, 0.15) is 21.5 Å². The Morgan fingerprint density at radius 2 is 1.79 bits per heavy atom. The molecular formula is C20H20N4O5. The Bertz CT molecular complexity index is 1000. The predicted molar refractivity (Wildman–Crippen MR) is 105 cm³/mol. The summed E-state index contributed by atoms with van der Waals surface area (Å²) in [7, 11) is 2.77. The Morgan fingerprint density at radius 3 is 2.38 bits per heavy atom. The number of hydrogen-bond acceptors (Lipinski definition) is 6. The van der Waals surface area contributed by atoms with Gasteiger partial charge in [-0.3, -0.25) is 14.9 Å². The van der Waals surface area contributed by atoms with Crippen molar-refractivity contribution in [3.63, 3.8) is 0 Å². The summed E-state index contributed by atoms with van der Waals surface area (Å²) < 4.78 is 12.2. The SMILES string of the molecule is COc1cc(C(=O)NCc2ccc(Cn3ccnc3)cc2)c([N+](=O)[O-])cc1OC. The summed E-state index contributed by atoms with van der Waals surface area (Å²) in [4.78, 5) is 27.3. The normalized spacial score (nSPS) is 10.4. The number of benzene rings is 2. The zero-order valence-corrected chi connectivity index (χ0v) is 16.0. The molecular weight excluding hydrogens is 376 g/mol. The first-order valence-electron chi connectivity index (χ1n) is 8.74. The van der Waals surface area contributed by atoms with Crippen LogP contribution in [-0.4, -0.2) is 34.6 Å². The molecule has 1 amide bonds. The highest BCUT2D eigenvalue weighted by Crippen LogP contribution is 2.34. The Balaban J connectivity index is 1.71. The molecule has 9 heteroatoms. The molecule has 0 aliphatic rings. The molecule has 0 unspecified atom stereocenters. The quantitative estimate of drug-likeness (QED) is 0.463. The number of carbonyl (C=O) groups excluding carboxylic acids is 1. The summed E-state index contributed by atoms with van der Waals surface area (Å²) in [6.07, 6.45) is 5.34. The first-order valence-corrected chi connectivity index (χ1v) is 8.74. The molecule has 0 atom stereocenters. The molecule has 0 aliphatic carbocycles. The molecule has 0 saturated carbocycles. The fourth-order valence-corrected chi connectivity index (χ4v) is 2.83. The van der Waals surface area contributed by atoms with E-state index in [2.05, 4.69) is 10.3 Å². The van der Waals surface area contributed by atoms with Gasteiger partial charge in [0, 0.05) is 31.5 Å². The maximum Gasteiger partial charge on any atom is 0.286 e. The number of carbonyl (C=O) groups is 1. The monoisotopic (exact) mass is 396 g/mol. The number of nitro groups is 1. The fraction of sp³-hybridized carbons (Fsp3) is 0.200. The molecule has 0 bridgehead atoms. The largest absolute Gasteiger partial charge is 0.493 e. The van der Waals surface area contributed by atoms with Crippen molar-refractivity contribution in [2.75, 3.05) is 14.2 Å². The van der Waals surface area contributed by atoms with Crippen LogP contribution in [0.5, 0.6) is 11.5 Å². The van der Waals surface area contributed by atoms with E-state index in [1.807, 2.05) is 35.0 Å². The molecule has 9 nitrogen and oxygen atoms in total. The standard InChI is InChI=1S/C20H20N4O5/c1-28-18-9-16(17(24(26)27)10-19(18)29-2)20(25)22-11-14-3-5-15(6-4-14)12-23-8-7-21-13-23/h3-10,13H,11-12H2,1-2H3,(H,22,25). The van der Waals surface area contributed by atoms with Gasteiger partial charge < -0.3 is 19.4 Å². The molecule has 3 rings (SSSR count). The van der Waals surface area contributed by atoms with Gasteiger partial charge in [0.05, 0.1) is 31.5 Å². The van der Waals surface area contributed by atoms with Gasteiger partial charge in [-0.05, 0) is 11.1 Å². The molecule has 3 aromatic rings. The molecule has 0 radical (unpaired) electrons. The summed E-state index contributed by atoms with van der Waals surface area (Å²) >= 11 is 0. The van der Waals surface area contributed by atoms with E-state index < -0.39 is 10.8 Å². The van der Waals surface area contributed by atoms with E-state index in [1.54, 1.807) is 12.5 Å². The molecule has 1 aromatic heterocycles. The second-order valence-corrected chi connectivity index (χ2v) is 6.22. The van der Waals surface area contributed by atoms with Crippen molar-refractivity contribution in [3.05, 3.63) is 81.9 Å². The molecule has 0 fully saturated rings. The van der Waals surface area contributed by atoms with E-state index in [0.29, 0.717) is 6.54 Å². The van der Waals surface area contributed by atoms with E-state index >= 15 is 0 Å². The van der Waals surface area contributed by atoms with Gasteiger partial charge in [-0.1, -0.05) is 24.3 Å². The number of ether oxygens (including phenoxy) is 2. The summed E-state index contributed by atoms with van der Waals surface area (Å²) in [5.74, 6) is -0.142. The Morgan fingerprint density at radius 1 is 1.14 bits per heavy atom. The summed E-state index contributed by atoms with van der Waals surface area (Å²) in [5.41, 5.74) is 1.52. The van der Waals surface area contributed by atoms with Crippen molar-refractivity contribution in [1.29, 1.82) is 0 Å². The third-order valence-electron chi connectivity index (χ3n) is 4.34. The van der Waals surface area contributed by atoms with Crippen molar-refractivity contribution in [2.24, 2.45) is 0 Å². The van der Waals surface area contributed by atoms with Crippen LogP contribution < -0.4 is 14.8 Å². The molecule has 0 saturated heterocycles. The van der Waals surface area contributed by atoms with Crippen LogP contribution in [-0.2, 0) is 13.1 Å². The number of rotatable bonds is 8. The lowest BCUT2D eigenvalue weighted by molar-refractivity contribution is -0.385. The molecule has 150 valence electrons. The topological polar surface area (TPSA) is 109 Å². The summed E-state index contributed by atoms with van der Waals surface area (Å²) in [5, 5.41) is 14.1. The van der Waals surface area contributed by atoms with Crippen LogP contribution in [0.25, 0.3) is 0 Å². The van der Waals surface area contributed by atoms with Crippen molar-refractivity contribution in [3.8, 4) is 11.5 Å². The number of aromatic nitrogens is 2.